The van der Waals surface area contributed by atoms with Crippen LogP contribution in [0.5, 0.6) is 0 Å². The van der Waals surface area contributed by atoms with Crippen molar-refractivity contribution in [1.29, 1.82) is 0 Å². The van der Waals surface area contributed by atoms with E-state index in [9.17, 15) is 9.59 Å². The van der Waals surface area contributed by atoms with Gasteiger partial charge < -0.3 is 4.74 Å². The van der Waals surface area contributed by atoms with Gasteiger partial charge in [0.2, 0.25) is 5.78 Å². The molecule has 1 heterocycles. The molecule has 0 radical (unpaired) electrons. The van der Waals surface area contributed by atoms with E-state index < -0.39 is 17.7 Å². The zero-order valence-corrected chi connectivity index (χ0v) is 18.1. The van der Waals surface area contributed by atoms with E-state index in [4.69, 9.17) is 39.5 Å². The summed E-state index contributed by atoms with van der Waals surface area (Å²) in [4.78, 5) is 25.2. The van der Waals surface area contributed by atoms with Gasteiger partial charge >= 0.3 is 5.97 Å². The number of halogens is 3. The molecule has 1 saturated heterocycles. The minimum absolute atomic E-state index is 0.00834. The highest BCUT2D eigenvalue weighted by molar-refractivity contribution is 6.35. The molecular weight excluding hydrogens is 443 g/mol. The van der Waals surface area contributed by atoms with Crippen LogP contribution in [0.2, 0.25) is 15.1 Å². The van der Waals surface area contributed by atoms with Crippen LogP contribution in [0.3, 0.4) is 0 Å². The maximum absolute atomic E-state index is 12.8. The van der Waals surface area contributed by atoms with Gasteiger partial charge in [-0.05, 0) is 59.5 Å². The van der Waals surface area contributed by atoms with E-state index in [0.717, 1.165) is 22.3 Å². The molecular formula is C24H15Cl3O3. The summed E-state index contributed by atoms with van der Waals surface area (Å²) >= 11 is 18.3. The number of hydrogen-bond donors (Lipinski definition) is 0. The number of benzene rings is 3. The van der Waals surface area contributed by atoms with Crippen molar-refractivity contribution in [3.63, 3.8) is 0 Å². The van der Waals surface area contributed by atoms with Crippen LogP contribution >= 0.6 is 34.8 Å². The predicted molar refractivity (Wildman–Crippen MR) is 120 cm³/mol. The Labute approximate surface area is 188 Å². The van der Waals surface area contributed by atoms with Crippen molar-refractivity contribution in [3.05, 3.63) is 98.2 Å². The molecule has 0 aliphatic carbocycles. The number of ketones is 1. The van der Waals surface area contributed by atoms with Gasteiger partial charge in [-0.25, -0.2) is 0 Å². The van der Waals surface area contributed by atoms with Gasteiger partial charge in [-0.3, -0.25) is 9.59 Å². The Morgan fingerprint density at radius 3 is 2.23 bits per heavy atom. The number of carbonyl (C=O) groups is 2. The Hall–Kier alpha value is -2.59. The monoisotopic (exact) mass is 456 g/mol. The summed E-state index contributed by atoms with van der Waals surface area (Å²) in [7, 11) is 0. The quantitative estimate of drug-likeness (QED) is 0.245. The normalized spacial score (nSPS) is 17.5. The molecule has 3 aromatic rings. The zero-order chi connectivity index (χ0) is 21.4. The number of ether oxygens (including phenoxy) is 1. The topological polar surface area (TPSA) is 43.4 Å². The number of carbonyl (C=O) groups excluding carboxylic acids is 2. The lowest BCUT2D eigenvalue weighted by molar-refractivity contribution is -0.136. The molecule has 1 unspecified atom stereocenters. The van der Waals surface area contributed by atoms with E-state index >= 15 is 0 Å². The third-order valence-corrected chi connectivity index (χ3v) is 5.65. The van der Waals surface area contributed by atoms with Crippen molar-refractivity contribution < 1.29 is 14.3 Å². The second-order valence-electron chi connectivity index (χ2n) is 6.98. The Morgan fingerprint density at radius 1 is 0.867 bits per heavy atom. The number of Topliss-reactive ketones (excluding diaryl/α,β-unsaturated/α-hetero) is 1. The summed E-state index contributed by atoms with van der Waals surface area (Å²) in [6, 6.07) is 17.9. The minimum Gasteiger partial charge on any atom is -0.422 e. The highest BCUT2D eigenvalue weighted by Gasteiger charge is 2.41. The molecule has 3 aromatic carbocycles. The third kappa shape index (κ3) is 4.01. The second kappa shape index (κ2) is 8.27. The van der Waals surface area contributed by atoms with Crippen molar-refractivity contribution in [2.45, 2.75) is 12.8 Å². The summed E-state index contributed by atoms with van der Waals surface area (Å²) in [6.07, 6.45) is 1.57. The average Bonchev–Trinajstić information content (AvgIpc) is 2.95. The van der Waals surface area contributed by atoms with Gasteiger partial charge in [0.25, 0.3) is 0 Å². The molecule has 0 aromatic heterocycles. The molecule has 4 rings (SSSR count). The smallest absolute Gasteiger partial charge is 0.327 e. The fourth-order valence-electron chi connectivity index (χ4n) is 3.51. The zero-order valence-electron chi connectivity index (χ0n) is 15.8. The van der Waals surface area contributed by atoms with Crippen LogP contribution in [0.1, 0.15) is 22.6 Å². The number of allylic oxidation sites excluding steroid dienone is 1. The summed E-state index contributed by atoms with van der Waals surface area (Å²) < 4.78 is 5.26. The summed E-state index contributed by atoms with van der Waals surface area (Å²) in [5.41, 5.74) is 4.05. The number of hydrogen-bond acceptors (Lipinski definition) is 3. The fourth-order valence-corrected chi connectivity index (χ4v) is 4.29. The summed E-state index contributed by atoms with van der Waals surface area (Å²) in [5.74, 6) is -2.15. The first-order valence-corrected chi connectivity index (χ1v) is 10.3. The molecule has 0 N–H and O–H groups in total. The van der Waals surface area contributed by atoms with Crippen LogP contribution in [0.25, 0.3) is 17.2 Å². The second-order valence-corrected chi connectivity index (χ2v) is 8.26. The van der Waals surface area contributed by atoms with Crippen LogP contribution in [-0.2, 0) is 14.3 Å². The lowest BCUT2D eigenvalue weighted by Crippen LogP contribution is -2.12. The molecule has 150 valence electrons. The fraction of sp³-hybridized carbons (Fsp3) is 0.0833. The van der Waals surface area contributed by atoms with Crippen LogP contribution in [-0.4, -0.2) is 11.8 Å². The van der Waals surface area contributed by atoms with Crippen LogP contribution in [0.4, 0.5) is 0 Å². The van der Waals surface area contributed by atoms with Gasteiger partial charge in [0.1, 0.15) is 5.92 Å². The van der Waals surface area contributed by atoms with Crippen LogP contribution in [0.15, 0.2) is 66.4 Å². The van der Waals surface area contributed by atoms with Crippen molar-refractivity contribution in [1.82, 2.24) is 0 Å². The third-order valence-electron chi connectivity index (χ3n) is 4.88. The molecule has 0 spiro atoms. The first-order chi connectivity index (χ1) is 14.3. The molecule has 1 fully saturated rings. The van der Waals surface area contributed by atoms with E-state index in [-0.39, 0.29) is 5.76 Å². The lowest BCUT2D eigenvalue weighted by Gasteiger charge is -2.09. The van der Waals surface area contributed by atoms with Gasteiger partial charge in [-0.2, -0.15) is 0 Å². The molecule has 30 heavy (non-hydrogen) atoms. The molecule has 6 heteroatoms. The van der Waals surface area contributed by atoms with Crippen molar-refractivity contribution in [3.8, 4) is 11.1 Å². The minimum atomic E-state index is -1.07. The standard InChI is InChI=1S/C24H15Cl3O3/c1-13-8-14(6-7-18(13)19-4-2-3-5-20(19)27)9-21-23(28)22(24(29)30-21)15-10-16(25)12-17(26)11-15/h2-12,22H,1H3/b21-9+. The van der Waals surface area contributed by atoms with E-state index in [1.807, 2.05) is 49.4 Å². The van der Waals surface area contributed by atoms with Gasteiger partial charge in [-0.1, -0.05) is 71.2 Å². The van der Waals surface area contributed by atoms with Crippen LogP contribution < -0.4 is 0 Å². The number of cyclic esters (lactones) is 1. The van der Waals surface area contributed by atoms with Gasteiger partial charge in [-0.15, -0.1) is 0 Å². The van der Waals surface area contributed by atoms with Crippen molar-refractivity contribution >= 4 is 52.6 Å². The molecule has 0 amide bonds. The first-order valence-electron chi connectivity index (χ1n) is 9.12. The first kappa shape index (κ1) is 20.7. The van der Waals surface area contributed by atoms with Gasteiger partial charge in [0.15, 0.2) is 5.76 Å². The summed E-state index contributed by atoms with van der Waals surface area (Å²) in [5, 5.41) is 1.36. The maximum Gasteiger partial charge on any atom is 0.327 e. The molecule has 0 bridgehead atoms. The highest BCUT2D eigenvalue weighted by Crippen LogP contribution is 2.35. The Kier molecular flexibility index (Phi) is 5.70. The molecule has 3 nitrogen and oxygen atoms in total. The largest absolute Gasteiger partial charge is 0.422 e. The Bertz CT molecular complexity index is 1190. The predicted octanol–water partition coefficient (Wildman–Crippen LogP) is 6.87. The molecule has 1 aliphatic rings. The lowest BCUT2D eigenvalue weighted by atomic mass is 9.94. The van der Waals surface area contributed by atoms with Gasteiger partial charge in [0.05, 0.1) is 0 Å². The van der Waals surface area contributed by atoms with Crippen molar-refractivity contribution in [2.24, 2.45) is 0 Å². The Morgan fingerprint density at radius 2 is 1.57 bits per heavy atom. The highest BCUT2D eigenvalue weighted by atomic mass is 35.5. The summed E-state index contributed by atoms with van der Waals surface area (Å²) in [6.45, 7) is 1.96. The number of aryl methyl sites for hydroxylation is 1. The van der Waals surface area contributed by atoms with Crippen molar-refractivity contribution in [2.75, 3.05) is 0 Å². The number of esters is 1. The molecule has 1 atom stereocenters. The SMILES string of the molecule is Cc1cc(/C=C2/OC(=O)C(c3cc(Cl)cc(Cl)c3)C2=O)ccc1-c1ccccc1Cl. The van der Waals surface area contributed by atoms with E-state index in [0.29, 0.717) is 20.6 Å². The van der Waals surface area contributed by atoms with E-state index in [1.54, 1.807) is 18.2 Å². The maximum atomic E-state index is 12.8. The number of rotatable bonds is 3. The van der Waals surface area contributed by atoms with E-state index in [2.05, 4.69) is 0 Å². The molecule has 0 saturated carbocycles. The Balaban J connectivity index is 1.65. The van der Waals surface area contributed by atoms with Gasteiger partial charge in [0, 0.05) is 20.6 Å². The molecule has 1 aliphatic heterocycles. The van der Waals surface area contributed by atoms with Crippen LogP contribution in [0, 0.1) is 6.92 Å². The van der Waals surface area contributed by atoms with E-state index in [1.165, 1.54) is 6.07 Å². The average molecular weight is 458 g/mol.